The summed E-state index contributed by atoms with van der Waals surface area (Å²) in [5.74, 6) is 0.781. The molecule has 1 aliphatic carbocycles. The van der Waals surface area contributed by atoms with Crippen molar-refractivity contribution in [1.29, 1.82) is 0 Å². The molecular formula is C14H12O3. The predicted molar refractivity (Wildman–Crippen MR) is 63.2 cm³/mol. The smallest absolute Gasteiger partial charge is 0.162 e. The zero-order valence-electron chi connectivity index (χ0n) is 9.53. The fourth-order valence-electron chi connectivity index (χ4n) is 2.51. The molecule has 1 unspecified atom stereocenters. The Morgan fingerprint density at radius 2 is 2.24 bits per heavy atom. The number of Topliss-reactive ketones (excluding diaryl/α,β-unsaturated/α-hetero) is 1. The van der Waals surface area contributed by atoms with Gasteiger partial charge in [0.1, 0.15) is 11.9 Å². The molecule has 86 valence electrons. The number of ether oxygens (including phenoxy) is 1. The van der Waals surface area contributed by atoms with Gasteiger partial charge in [-0.05, 0) is 37.1 Å². The van der Waals surface area contributed by atoms with Crippen LogP contribution in [0.1, 0.15) is 34.3 Å². The number of carbonyl (C=O) groups excluding carboxylic acids is 2. The van der Waals surface area contributed by atoms with Crippen molar-refractivity contribution in [2.45, 2.75) is 25.9 Å². The lowest BCUT2D eigenvalue weighted by Crippen LogP contribution is -2.20. The number of hydrogen-bond donors (Lipinski definition) is 0. The highest BCUT2D eigenvalue weighted by molar-refractivity contribution is 6.04. The Kier molecular flexibility index (Phi) is 2.15. The first kappa shape index (κ1) is 10.3. The van der Waals surface area contributed by atoms with E-state index in [4.69, 9.17) is 4.74 Å². The third-order valence-corrected chi connectivity index (χ3v) is 3.29. The van der Waals surface area contributed by atoms with Gasteiger partial charge in [0, 0.05) is 17.6 Å². The monoisotopic (exact) mass is 228 g/mol. The summed E-state index contributed by atoms with van der Waals surface area (Å²) in [6.07, 6.45) is 3.78. The second-order valence-electron chi connectivity index (χ2n) is 4.56. The maximum Gasteiger partial charge on any atom is 0.162 e. The summed E-state index contributed by atoms with van der Waals surface area (Å²) in [6, 6.07) is 3.75. The maximum absolute atomic E-state index is 11.6. The summed E-state index contributed by atoms with van der Waals surface area (Å²) in [7, 11) is 0. The zero-order valence-corrected chi connectivity index (χ0v) is 9.53. The molecule has 0 bridgehead atoms. The molecule has 3 nitrogen and oxygen atoms in total. The van der Waals surface area contributed by atoms with Gasteiger partial charge < -0.3 is 4.74 Å². The average Bonchev–Trinajstić information content (AvgIpc) is 2.67. The molecule has 0 amide bonds. The van der Waals surface area contributed by atoms with Crippen molar-refractivity contribution < 1.29 is 14.3 Å². The van der Waals surface area contributed by atoms with E-state index in [0.717, 1.165) is 29.4 Å². The topological polar surface area (TPSA) is 43.4 Å². The first-order valence-corrected chi connectivity index (χ1v) is 5.70. The maximum atomic E-state index is 11.6. The van der Waals surface area contributed by atoms with Gasteiger partial charge in [0.05, 0.1) is 5.56 Å². The molecule has 0 spiro atoms. The molecule has 17 heavy (non-hydrogen) atoms. The first-order valence-electron chi connectivity index (χ1n) is 5.70. The molecule has 1 atom stereocenters. The lowest BCUT2D eigenvalue weighted by molar-refractivity contribution is -0.114. The molecule has 1 heterocycles. The standard InChI is InChI=1S/C14H12O3/c1-8-4-9-6-11-12(16)2-3-13(11)17-14(9)10(5-8)7-15/h4-7,13H,2-3H2,1H3. The third kappa shape index (κ3) is 1.50. The Hall–Kier alpha value is -1.90. The number of fused-ring (bicyclic) bond motifs is 2. The van der Waals surface area contributed by atoms with Gasteiger partial charge in [-0.25, -0.2) is 0 Å². The molecule has 0 aromatic heterocycles. The number of aryl methyl sites for hydroxylation is 1. The Bertz CT molecular complexity index is 555. The average molecular weight is 228 g/mol. The van der Waals surface area contributed by atoms with Crippen molar-refractivity contribution in [3.63, 3.8) is 0 Å². The molecule has 0 saturated heterocycles. The van der Waals surface area contributed by atoms with Crippen LogP contribution in [0.25, 0.3) is 6.08 Å². The number of carbonyl (C=O) groups is 2. The Labute approximate surface area is 99.1 Å². The van der Waals surface area contributed by atoms with Crippen LogP contribution in [-0.4, -0.2) is 18.2 Å². The van der Waals surface area contributed by atoms with E-state index in [-0.39, 0.29) is 11.9 Å². The zero-order chi connectivity index (χ0) is 12.0. The van der Waals surface area contributed by atoms with E-state index in [0.29, 0.717) is 17.7 Å². The van der Waals surface area contributed by atoms with E-state index < -0.39 is 0 Å². The van der Waals surface area contributed by atoms with Crippen molar-refractivity contribution in [3.05, 3.63) is 34.4 Å². The van der Waals surface area contributed by atoms with Crippen LogP contribution in [0, 0.1) is 6.92 Å². The summed E-state index contributed by atoms with van der Waals surface area (Å²) < 4.78 is 5.78. The molecule has 3 rings (SSSR count). The van der Waals surface area contributed by atoms with Crippen LogP contribution in [0.5, 0.6) is 5.75 Å². The fourth-order valence-corrected chi connectivity index (χ4v) is 2.51. The molecule has 1 aromatic rings. The summed E-state index contributed by atoms with van der Waals surface area (Å²) >= 11 is 0. The highest BCUT2D eigenvalue weighted by Gasteiger charge is 2.34. The third-order valence-electron chi connectivity index (χ3n) is 3.29. The van der Waals surface area contributed by atoms with Crippen molar-refractivity contribution >= 4 is 18.1 Å². The largest absolute Gasteiger partial charge is 0.484 e. The Balaban J connectivity index is 2.19. The Morgan fingerprint density at radius 1 is 1.41 bits per heavy atom. The van der Waals surface area contributed by atoms with E-state index in [1.807, 2.05) is 19.1 Å². The molecule has 1 saturated carbocycles. The number of benzene rings is 1. The van der Waals surface area contributed by atoms with E-state index in [1.165, 1.54) is 0 Å². The van der Waals surface area contributed by atoms with E-state index >= 15 is 0 Å². The molecule has 0 radical (unpaired) electrons. The lowest BCUT2D eigenvalue weighted by atomic mass is 9.99. The fraction of sp³-hybridized carbons (Fsp3) is 0.286. The predicted octanol–water partition coefficient (Wildman–Crippen LogP) is 2.31. The highest BCUT2D eigenvalue weighted by Crippen LogP contribution is 2.38. The van der Waals surface area contributed by atoms with Gasteiger partial charge in [-0.15, -0.1) is 0 Å². The van der Waals surface area contributed by atoms with Gasteiger partial charge >= 0.3 is 0 Å². The van der Waals surface area contributed by atoms with Crippen molar-refractivity contribution in [2.75, 3.05) is 0 Å². The van der Waals surface area contributed by atoms with Crippen LogP contribution in [-0.2, 0) is 4.79 Å². The molecule has 2 aliphatic rings. The van der Waals surface area contributed by atoms with Crippen LogP contribution in [0.15, 0.2) is 17.7 Å². The van der Waals surface area contributed by atoms with Gasteiger partial charge in [0.25, 0.3) is 0 Å². The first-order chi connectivity index (χ1) is 8.19. The molecule has 1 fully saturated rings. The van der Waals surface area contributed by atoms with Crippen molar-refractivity contribution in [1.82, 2.24) is 0 Å². The molecule has 1 aliphatic heterocycles. The summed E-state index contributed by atoms with van der Waals surface area (Å²) in [5.41, 5.74) is 3.15. The summed E-state index contributed by atoms with van der Waals surface area (Å²) in [5, 5.41) is 0. The minimum atomic E-state index is -0.156. The van der Waals surface area contributed by atoms with Crippen LogP contribution in [0.4, 0.5) is 0 Å². The normalized spacial score (nSPS) is 21.4. The van der Waals surface area contributed by atoms with Crippen molar-refractivity contribution in [2.24, 2.45) is 0 Å². The quantitative estimate of drug-likeness (QED) is 0.693. The van der Waals surface area contributed by atoms with Crippen LogP contribution >= 0.6 is 0 Å². The van der Waals surface area contributed by atoms with Gasteiger partial charge in [0.15, 0.2) is 12.1 Å². The number of rotatable bonds is 1. The second kappa shape index (κ2) is 3.55. The minimum Gasteiger partial charge on any atom is -0.484 e. The van der Waals surface area contributed by atoms with Gasteiger partial charge in [0.2, 0.25) is 0 Å². The van der Waals surface area contributed by atoms with Crippen LogP contribution in [0.3, 0.4) is 0 Å². The van der Waals surface area contributed by atoms with Gasteiger partial charge in [-0.1, -0.05) is 0 Å². The highest BCUT2D eigenvalue weighted by atomic mass is 16.5. The Morgan fingerprint density at radius 3 is 3.00 bits per heavy atom. The lowest BCUT2D eigenvalue weighted by Gasteiger charge is -2.23. The van der Waals surface area contributed by atoms with Gasteiger partial charge in [-0.2, -0.15) is 0 Å². The molecule has 1 aromatic carbocycles. The summed E-state index contributed by atoms with van der Waals surface area (Å²) in [4.78, 5) is 22.7. The van der Waals surface area contributed by atoms with Gasteiger partial charge in [-0.3, -0.25) is 9.59 Å². The second-order valence-corrected chi connectivity index (χ2v) is 4.56. The molecule has 3 heteroatoms. The number of ketones is 1. The molecule has 0 N–H and O–H groups in total. The summed E-state index contributed by atoms with van der Waals surface area (Å²) in [6.45, 7) is 1.92. The van der Waals surface area contributed by atoms with E-state index in [1.54, 1.807) is 6.07 Å². The SMILES string of the molecule is Cc1cc(C=O)c2c(c1)C=C1C(=O)CCC1O2. The van der Waals surface area contributed by atoms with E-state index in [2.05, 4.69) is 0 Å². The number of hydrogen-bond acceptors (Lipinski definition) is 3. The molecular weight excluding hydrogens is 216 g/mol. The van der Waals surface area contributed by atoms with E-state index in [9.17, 15) is 9.59 Å². The minimum absolute atomic E-state index is 0.156. The van der Waals surface area contributed by atoms with Crippen LogP contribution < -0.4 is 4.74 Å². The number of aldehydes is 1. The van der Waals surface area contributed by atoms with Crippen molar-refractivity contribution in [3.8, 4) is 5.75 Å². The van der Waals surface area contributed by atoms with Crippen LogP contribution in [0.2, 0.25) is 0 Å².